The Hall–Kier alpha value is -2.11. The molecule has 116 valence electrons. The molecule has 0 N–H and O–H groups in total. The minimum absolute atomic E-state index is 0.155. The number of carbonyl (C=O) groups excluding carboxylic acids is 1. The van der Waals surface area contributed by atoms with E-state index in [0.29, 0.717) is 17.9 Å². The topological polar surface area (TPSA) is 56.0 Å². The first-order chi connectivity index (χ1) is 10.7. The molecule has 1 aliphatic carbocycles. The SMILES string of the molecule is Cn1cc([C@@H]2C[C@H]2C(=O)N2CCC[C@H]2Cn2cccn2)cn1. The highest BCUT2D eigenvalue weighted by Crippen LogP contribution is 2.49. The molecule has 1 amide bonds. The lowest BCUT2D eigenvalue weighted by atomic mass is 10.1. The second kappa shape index (κ2) is 5.26. The number of aromatic nitrogens is 4. The van der Waals surface area contributed by atoms with Crippen LogP contribution in [0, 0.1) is 5.92 Å². The van der Waals surface area contributed by atoms with Gasteiger partial charge in [-0.2, -0.15) is 10.2 Å². The molecular weight excluding hydrogens is 278 g/mol. The predicted octanol–water partition coefficient (Wildman–Crippen LogP) is 1.41. The van der Waals surface area contributed by atoms with Crippen LogP contribution in [0.15, 0.2) is 30.9 Å². The van der Waals surface area contributed by atoms with Crippen LogP contribution in [0.25, 0.3) is 0 Å². The first kappa shape index (κ1) is 13.5. The highest BCUT2D eigenvalue weighted by Gasteiger charge is 2.48. The highest BCUT2D eigenvalue weighted by molar-refractivity contribution is 5.83. The van der Waals surface area contributed by atoms with E-state index in [9.17, 15) is 4.79 Å². The average molecular weight is 299 g/mol. The van der Waals surface area contributed by atoms with Gasteiger partial charge in [0.05, 0.1) is 18.8 Å². The van der Waals surface area contributed by atoms with Crippen LogP contribution in [0.1, 0.15) is 30.7 Å². The number of amides is 1. The summed E-state index contributed by atoms with van der Waals surface area (Å²) in [5.74, 6) is 0.845. The van der Waals surface area contributed by atoms with Gasteiger partial charge in [0, 0.05) is 38.1 Å². The minimum atomic E-state index is 0.155. The van der Waals surface area contributed by atoms with Gasteiger partial charge in [0.2, 0.25) is 5.91 Å². The normalized spacial score (nSPS) is 27.3. The smallest absolute Gasteiger partial charge is 0.226 e. The Morgan fingerprint density at radius 3 is 3.05 bits per heavy atom. The van der Waals surface area contributed by atoms with Gasteiger partial charge in [-0.1, -0.05) is 0 Å². The highest BCUT2D eigenvalue weighted by atomic mass is 16.2. The Morgan fingerprint density at radius 2 is 2.32 bits per heavy atom. The van der Waals surface area contributed by atoms with Crippen LogP contribution in [0.2, 0.25) is 0 Å². The molecule has 1 saturated carbocycles. The summed E-state index contributed by atoms with van der Waals surface area (Å²) < 4.78 is 3.74. The van der Waals surface area contributed by atoms with Crippen LogP contribution in [0.3, 0.4) is 0 Å². The summed E-state index contributed by atoms with van der Waals surface area (Å²) in [5.41, 5.74) is 1.20. The summed E-state index contributed by atoms with van der Waals surface area (Å²) in [6, 6.07) is 2.23. The van der Waals surface area contributed by atoms with Crippen molar-refractivity contribution in [2.24, 2.45) is 13.0 Å². The molecule has 0 bridgehead atoms. The average Bonchev–Trinajstić information content (AvgIpc) is 2.91. The molecule has 4 rings (SSSR count). The van der Waals surface area contributed by atoms with Gasteiger partial charge in [-0.15, -0.1) is 0 Å². The third-order valence-electron chi connectivity index (χ3n) is 4.88. The second-order valence-electron chi connectivity index (χ2n) is 6.45. The molecule has 3 atom stereocenters. The quantitative estimate of drug-likeness (QED) is 0.858. The molecule has 3 heterocycles. The molecule has 6 nitrogen and oxygen atoms in total. The molecule has 2 fully saturated rings. The second-order valence-corrected chi connectivity index (χ2v) is 6.45. The maximum absolute atomic E-state index is 12.8. The monoisotopic (exact) mass is 299 g/mol. The number of rotatable bonds is 4. The van der Waals surface area contributed by atoms with Gasteiger partial charge in [-0.25, -0.2) is 0 Å². The Morgan fingerprint density at radius 1 is 1.41 bits per heavy atom. The van der Waals surface area contributed by atoms with Crippen molar-refractivity contribution in [3.63, 3.8) is 0 Å². The first-order valence-corrected chi connectivity index (χ1v) is 7.99. The van der Waals surface area contributed by atoms with Crippen molar-refractivity contribution in [3.8, 4) is 0 Å². The number of hydrogen-bond donors (Lipinski definition) is 0. The lowest BCUT2D eigenvalue weighted by Gasteiger charge is -2.25. The van der Waals surface area contributed by atoms with E-state index < -0.39 is 0 Å². The van der Waals surface area contributed by atoms with Crippen LogP contribution in [-0.4, -0.2) is 43.0 Å². The van der Waals surface area contributed by atoms with Crippen molar-refractivity contribution in [2.45, 2.75) is 37.8 Å². The van der Waals surface area contributed by atoms with E-state index in [2.05, 4.69) is 15.1 Å². The lowest BCUT2D eigenvalue weighted by molar-refractivity contribution is -0.133. The van der Waals surface area contributed by atoms with E-state index in [1.54, 1.807) is 6.20 Å². The van der Waals surface area contributed by atoms with Crippen molar-refractivity contribution in [1.29, 1.82) is 0 Å². The third-order valence-corrected chi connectivity index (χ3v) is 4.88. The number of hydrogen-bond acceptors (Lipinski definition) is 3. The number of nitrogens with zero attached hydrogens (tertiary/aromatic N) is 5. The van der Waals surface area contributed by atoms with Crippen LogP contribution in [0.4, 0.5) is 0 Å². The van der Waals surface area contributed by atoms with E-state index in [1.165, 1.54) is 5.56 Å². The zero-order valence-corrected chi connectivity index (χ0v) is 12.8. The summed E-state index contributed by atoms with van der Waals surface area (Å²) >= 11 is 0. The Balaban J connectivity index is 1.42. The molecule has 2 aromatic rings. The summed E-state index contributed by atoms with van der Waals surface area (Å²) in [5, 5.41) is 8.48. The first-order valence-electron chi connectivity index (χ1n) is 7.99. The fourth-order valence-corrected chi connectivity index (χ4v) is 3.62. The van der Waals surface area contributed by atoms with E-state index in [-0.39, 0.29) is 5.92 Å². The molecule has 0 radical (unpaired) electrons. The molecule has 2 aliphatic rings. The number of likely N-dealkylation sites (tertiary alicyclic amines) is 1. The number of aryl methyl sites for hydroxylation is 1. The van der Waals surface area contributed by atoms with Crippen molar-refractivity contribution in [3.05, 3.63) is 36.4 Å². The zero-order valence-electron chi connectivity index (χ0n) is 12.8. The van der Waals surface area contributed by atoms with E-state index in [1.807, 2.05) is 41.1 Å². The van der Waals surface area contributed by atoms with Crippen molar-refractivity contribution in [1.82, 2.24) is 24.5 Å². The molecule has 0 aromatic carbocycles. The van der Waals surface area contributed by atoms with Crippen LogP contribution in [0.5, 0.6) is 0 Å². The van der Waals surface area contributed by atoms with Crippen molar-refractivity contribution in [2.75, 3.05) is 6.54 Å². The summed E-state index contributed by atoms with van der Waals surface area (Å²) in [4.78, 5) is 14.9. The maximum Gasteiger partial charge on any atom is 0.226 e. The molecule has 6 heteroatoms. The van der Waals surface area contributed by atoms with Crippen molar-refractivity contribution >= 4 is 5.91 Å². The minimum Gasteiger partial charge on any atom is -0.338 e. The lowest BCUT2D eigenvalue weighted by Crippen LogP contribution is -2.39. The molecule has 1 aliphatic heterocycles. The molecule has 0 spiro atoms. The van der Waals surface area contributed by atoms with Crippen LogP contribution >= 0.6 is 0 Å². The van der Waals surface area contributed by atoms with Gasteiger partial charge in [-0.3, -0.25) is 14.2 Å². The van der Waals surface area contributed by atoms with Crippen molar-refractivity contribution < 1.29 is 4.79 Å². The van der Waals surface area contributed by atoms with Gasteiger partial charge in [0.15, 0.2) is 0 Å². The zero-order chi connectivity index (χ0) is 15.1. The molecule has 1 saturated heterocycles. The fraction of sp³-hybridized carbons (Fsp3) is 0.562. The van der Waals surface area contributed by atoms with E-state index >= 15 is 0 Å². The van der Waals surface area contributed by atoms with Gasteiger partial charge < -0.3 is 4.90 Å². The Bertz CT molecular complexity index is 662. The summed E-state index contributed by atoms with van der Waals surface area (Å²) in [7, 11) is 1.92. The van der Waals surface area contributed by atoms with E-state index in [4.69, 9.17) is 0 Å². The standard InChI is InChI=1S/C16H21N5O/c1-19-10-12(9-18-19)14-8-15(14)16(22)21-7-2-4-13(21)11-20-6-3-5-17-20/h3,5-6,9-10,13-15H,2,4,7-8,11H2,1H3/t13-,14-,15+/m0/s1. The van der Waals surface area contributed by atoms with Gasteiger partial charge in [0.1, 0.15) is 0 Å². The van der Waals surface area contributed by atoms with Gasteiger partial charge >= 0.3 is 0 Å². The van der Waals surface area contributed by atoms with Crippen LogP contribution < -0.4 is 0 Å². The van der Waals surface area contributed by atoms with Crippen LogP contribution in [-0.2, 0) is 18.4 Å². The van der Waals surface area contributed by atoms with Gasteiger partial charge in [-0.05, 0) is 36.8 Å². The fourth-order valence-electron chi connectivity index (χ4n) is 3.62. The molecule has 2 aromatic heterocycles. The number of carbonyl (C=O) groups is 1. The molecule has 0 unspecified atom stereocenters. The molecule has 22 heavy (non-hydrogen) atoms. The maximum atomic E-state index is 12.8. The third kappa shape index (κ3) is 2.42. The van der Waals surface area contributed by atoms with E-state index in [0.717, 1.165) is 32.4 Å². The van der Waals surface area contributed by atoms with Gasteiger partial charge in [0.25, 0.3) is 0 Å². The largest absolute Gasteiger partial charge is 0.338 e. The summed E-state index contributed by atoms with van der Waals surface area (Å²) in [6.07, 6.45) is 10.8. The molecular formula is C16H21N5O. The summed E-state index contributed by atoms with van der Waals surface area (Å²) in [6.45, 7) is 1.70. The Labute approximate surface area is 129 Å². The predicted molar refractivity (Wildman–Crippen MR) is 81.0 cm³/mol. The Kier molecular flexibility index (Phi) is 3.24.